The van der Waals surface area contributed by atoms with Crippen LogP contribution in [-0.2, 0) is 25.3 Å². The minimum Gasteiger partial charge on any atom is -0.497 e. The second kappa shape index (κ2) is 9.07. The van der Waals surface area contributed by atoms with Gasteiger partial charge in [-0.1, -0.05) is 18.2 Å². The number of anilines is 2. The van der Waals surface area contributed by atoms with Gasteiger partial charge in [0.25, 0.3) is 5.91 Å². The van der Waals surface area contributed by atoms with Crippen LogP contribution in [-0.4, -0.2) is 38.0 Å². The fourth-order valence-electron chi connectivity index (χ4n) is 3.17. The Morgan fingerprint density at radius 2 is 1.90 bits per heavy atom. The monoisotopic (exact) mass is 436 g/mol. The molecule has 164 valence electrons. The van der Waals surface area contributed by atoms with Crippen LogP contribution >= 0.6 is 0 Å². The Morgan fingerprint density at radius 1 is 1.16 bits per heavy atom. The lowest BCUT2D eigenvalue weighted by molar-refractivity contribution is -0.151. The quantitative estimate of drug-likeness (QED) is 0.703. The van der Waals surface area contributed by atoms with Crippen molar-refractivity contribution in [3.63, 3.8) is 0 Å². The predicted octanol–water partition coefficient (Wildman–Crippen LogP) is 3.25. The summed E-state index contributed by atoms with van der Waals surface area (Å²) >= 11 is 0. The number of alkyl halides is 3. The highest BCUT2D eigenvalue weighted by atomic mass is 19.4. The molecule has 1 heterocycles. The number of para-hydroxylation sites is 1. The third kappa shape index (κ3) is 5.33. The molecule has 2 aromatic rings. The smallest absolute Gasteiger partial charge is 0.418 e. The number of amides is 2. The first-order valence-corrected chi connectivity index (χ1v) is 9.26. The van der Waals surface area contributed by atoms with E-state index in [4.69, 9.17) is 9.47 Å². The van der Waals surface area contributed by atoms with Crippen LogP contribution in [0, 0.1) is 5.92 Å². The van der Waals surface area contributed by atoms with Crippen molar-refractivity contribution in [2.24, 2.45) is 5.92 Å². The molecule has 0 saturated carbocycles. The zero-order chi connectivity index (χ0) is 22.6. The minimum absolute atomic E-state index is 0.0589. The average Bonchev–Trinajstić information content (AvgIpc) is 3.13. The number of carbonyl (C=O) groups is 3. The van der Waals surface area contributed by atoms with Gasteiger partial charge in [0, 0.05) is 24.7 Å². The number of esters is 1. The molecule has 1 atom stereocenters. The zero-order valence-electron chi connectivity index (χ0n) is 16.4. The molecule has 0 aromatic heterocycles. The number of rotatable bonds is 6. The lowest BCUT2D eigenvalue weighted by atomic mass is 10.1. The fourth-order valence-corrected chi connectivity index (χ4v) is 3.17. The molecule has 0 bridgehead atoms. The first kappa shape index (κ1) is 22.1. The first-order chi connectivity index (χ1) is 14.7. The molecule has 10 heteroatoms. The number of nitrogens with one attached hydrogen (secondary N) is 1. The molecule has 7 nitrogen and oxygen atoms in total. The highest BCUT2D eigenvalue weighted by Gasteiger charge is 2.37. The van der Waals surface area contributed by atoms with Crippen molar-refractivity contribution in [3.05, 3.63) is 54.1 Å². The first-order valence-electron chi connectivity index (χ1n) is 9.26. The number of ether oxygens (including phenoxy) is 2. The second-order valence-corrected chi connectivity index (χ2v) is 6.81. The van der Waals surface area contributed by atoms with E-state index in [0.717, 1.165) is 12.1 Å². The number of methoxy groups -OCH3 is 1. The maximum atomic E-state index is 13.0. The second-order valence-electron chi connectivity index (χ2n) is 6.81. The number of carbonyl (C=O) groups excluding carboxylic acids is 3. The van der Waals surface area contributed by atoms with Crippen LogP contribution in [0.25, 0.3) is 0 Å². The molecular formula is C21H19F3N2O5. The molecule has 2 amide bonds. The number of hydrogen-bond donors (Lipinski definition) is 1. The molecule has 3 rings (SSSR count). The molecule has 0 spiro atoms. The number of benzene rings is 2. The van der Waals surface area contributed by atoms with Crippen molar-refractivity contribution in [3.8, 4) is 5.75 Å². The van der Waals surface area contributed by atoms with E-state index in [1.54, 1.807) is 24.3 Å². The topological polar surface area (TPSA) is 84.9 Å². The van der Waals surface area contributed by atoms with Gasteiger partial charge in [0.15, 0.2) is 6.61 Å². The van der Waals surface area contributed by atoms with Gasteiger partial charge in [0.2, 0.25) is 5.91 Å². The van der Waals surface area contributed by atoms with E-state index in [-0.39, 0.29) is 18.9 Å². The number of hydrogen-bond acceptors (Lipinski definition) is 5. The maximum Gasteiger partial charge on any atom is 0.418 e. The number of nitrogens with zero attached hydrogens (tertiary/aromatic N) is 1. The van der Waals surface area contributed by atoms with Crippen molar-refractivity contribution in [1.82, 2.24) is 0 Å². The molecule has 31 heavy (non-hydrogen) atoms. The maximum absolute atomic E-state index is 13.0. The molecule has 1 aliphatic rings. The zero-order valence-corrected chi connectivity index (χ0v) is 16.4. The minimum atomic E-state index is -4.64. The third-order valence-corrected chi connectivity index (χ3v) is 4.68. The molecular weight excluding hydrogens is 417 g/mol. The van der Waals surface area contributed by atoms with Gasteiger partial charge in [0.1, 0.15) is 5.75 Å². The van der Waals surface area contributed by atoms with Gasteiger partial charge < -0.3 is 19.7 Å². The third-order valence-electron chi connectivity index (χ3n) is 4.68. The summed E-state index contributed by atoms with van der Waals surface area (Å²) in [6.07, 6.45) is -4.75. The average molecular weight is 436 g/mol. The van der Waals surface area contributed by atoms with Gasteiger partial charge in [-0.25, -0.2) is 0 Å². The van der Waals surface area contributed by atoms with Crippen LogP contribution in [0.2, 0.25) is 0 Å². The van der Waals surface area contributed by atoms with Crippen molar-refractivity contribution >= 4 is 29.2 Å². The van der Waals surface area contributed by atoms with Crippen molar-refractivity contribution in [1.29, 1.82) is 0 Å². The van der Waals surface area contributed by atoms with Crippen LogP contribution in [0.5, 0.6) is 5.75 Å². The summed E-state index contributed by atoms with van der Waals surface area (Å²) < 4.78 is 49.0. The van der Waals surface area contributed by atoms with E-state index in [9.17, 15) is 27.6 Å². The molecule has 0 unspecified atom stereocenters. The molecule has 2 aromatic carbocycles. The van der Waals surface area contributed by atoms with Crippen LogP contribution in [0.15, 0.2) is 48.5 Å². The Hall–Kier alpha value is -3.56. The lowest BCUT2D eigenvalue weighted by Gasteiger charge is -2.17. The number of halogens is 3. The summed E-state index contributed by atoms with van der Waals surface area (Å²) in [6, 6.07) is 11.2. The summed E-state index contributed by atoms with van der Waals surface area (Å²) in [6.45, 7) is -0.710. The molecule has 1 saturated heterocycles. The molecule has 1 N–H and O–H groups in total. The highest BCUT2D eigenvalue weighted by Crippen LogP contribution is 2.34. The van der Waals surface area contributed by atoms with Crippen LogP contribution in [0.1, 0.15) is 12.0 Å². The Balaban J connectivity index is 1.57. The normalized spacial score (nSPS) is 16.2. The van der Waals surface area contributed by atoms with Gasteiger partial charge in [-0.05, 0) is 24.3 Å². The summed E-state index contributed by atoms with van der Waals surface area (Å²) in [5.41, 5.74) is -0.887. The van der Waals surface area contributed by atoms with Crippen LogP contribution in [0.3, 0.4) is 0 Å². The van der Waals surface area contributed by atoms with Crippen LogP contribution < -0.4 is 15.0 Å². The predicted molar refractivity (Wildman–Crippen MR) is 104 cm³/mol. The molecule has 1 aliphatic heterocycles. The van der Waals surface area contributed by atoms with E-state index in [1.165, 1.54) is 24.1 Å². The molecule has 1 fully saturated rings. The van der Waals surface area contributed by atoms with E-state index >= 15 is 0 Å². The van der Waals surface area contributed by atoms with E-state index in [1.807, 2.05) is 0 Å². The highest BCUT2D eigenvalue weighted by molar-refractivity contribution is 6.00. The van der Waals surface area contributed by atoms with E-state index < -0.39 is 41.8 Å². The van der Waals surface area contributed by atoms with E-state index in [2.05, 4.69) is 5.32 Å². The Morgan fingerprint density at radius 3 is 2.61 bits per heavy atom. The fraction of sp³-hybridized carbons (Fsp3) is 0.286. The van der Waals surface area contributed by atoms with Gasteiger partial charge >= 0.3 is 12.1 Å². The van der Waals surface area contributed by atoms with Crippen molar-refractivity contribution < 1.29 is 37.0 Å². The summed E-state index contributed by atoms with van der Waals surface area (Å²) in [5.74, 6) is -2.24. The Labute approximate surface area is 175 Å². The Kier molecular flexibility index (Phi) is 6.47. The summed E-state index contributed by atoms with van der Waals surface area (Å²) in [4.78, 5) is 38.0. The summed E-state index contributed by atoms with van der Waals surface area (Å²) in [5, 5.41) is 2.09. The van der Waals surface area contributed by atoms with Gasteiger partial charge in [-0.15, -0.1) is 0 Å². The Bertz CT molecular complexity index is 993. The van der Waals surface area contributed by atoms with Crippen molar-refractivity contribution in [2.75, 3.05) is 30.5 Å². The summed E-state index contributed by atoms with van der Waals surface area (Å²) in [7, 11) is 1.49. The standard InChI is InChI=1S/C21H19F3N2O5/c1-30-15-6-4-5-14(10-15)26-11-13(9-19(26)28)20(29)31-12-18(27)25-17-8-3-2-7-16(17)21(22,23)24/h2-8,10,13H,9,11-12H2,1H3,(H,25,27)/t13-/m1/s1. The molecule has 0 radical (unpaired) electrons. The van der Waals surface area contributed by atoms with Gasteiger partial charge in [0.05, 0.1) is 24.3 Å². The SMILES string of the molecule is COc1cccc(N2C[C@H](C(=O)OCC(=O)Nc3ccccc3C(F)(F)F)CC2=O)c1. The lowest BCUT2D eigenvalue weighted by Crippen LogP contribution is -2.28. The molecule has 0 aliphatic carbocycles. The van der Waals surface area contributed by atoms with Crippen molar-refractivity contribution in [2.45, 2.75) is 12.6 Å². The largest absolute Gasteiger partial charge is 0.497 e. The van der Waals surface area contributed by atoms with Crippen LogP contribution in [0.4, 0.5) is 24.5 Å². The van der Waals surface area contributed by atoms with E-state index in [0.29, 0.717) is 11.4 Å². The van der Waals surface area contributed by atoms with Gasteiger partial charge in [-0.2, -0.15) is 13.2 Å². The van der Waals surface area contributed by atoms with Gasteiger partial charge in [-0.3, -0.25) is 14.4 Å².